The maximum Gasteiger partial charge on any atom is 0.308 e. The Hall–Kier alpha value is -4.20. The first kappa shape index (κ1) is 24.4. The van der Waals surface area contributed by atoms with Gasteiger partial charge in [-0.2, -0.15) is 0 Å². The SMILES string of the molecule is CCOC(=O)CC(NC(=O)CCC(=O)Nc1ccc(C(=N)N)c2ccccc12)c1ccccc1. The summed E-state index contributed by atoms with van der Waals surface area (Å²) in [7, 11) is 0. The molecule has 3 rings (SSSR count). The number of nitrogens with two attached hydrogens (primary N) is 1. The molecule has 0 heterocycles. The van der Waals surface area contributed by atoms with Gasteiger partial charge in [-0.05, 0) is 30.0 Å². The molecule has 8 nitrogen and oxygen atoms in total. The standard InChI is InChI=1S/C26H28N4O4/c1-2-34-25(33)16-22(17-8-4-3-5-9-17)30-24(32)15-14-23(31)29-21-13-12-20(26(27)28)18-10-6-7-11-19(18)21/h3-13,22H,2,14-16H2,1H3,(H3,27,28)(H,29,31)(H,30,32). The van der Waals surface area contributed by atoms with Gasteiger partial charge < -0.3 is 21.1 Å². The molecule has 0 aliphatic carbocycles. The summed E-state index contributed by atoms with van der Waals surface area (Å²) >= 11 is 0. The zero-order valence-electron chi connectivity index (χ0n) is 19.0. The third-order valence-electron chi connectivity index (χ3n) is 5.28. The van der Waals surface area contributed by atoms with E-state index in [1.807, 2.05) is 54.6 Å². The molecule has 0 radical (unpaired) electrons. The molecule has 3 aromatic carbocycles. The number of carbonyl (C=O) groups is 3. The highest BCUT2D eigenvalue weighted by Crippen LogP contribution is 2.27. The number of esters is 1. The van der Waals surface area contributed by atoms with E-state index in [0.717, 1.165) is 16.3 Å². The number of benzene rings is 3. The van der Waals surface area contributed by atoms with E-state index in [1.54, 1.807) is 19.1 Å². The zero-order valence-corrected chi connectivity index (χ0v) is 19.0. The van der Waals surface area contributed by atoms with Crippen LogP contribution in [0.2, 0.25) is 0 Å². The largest absolute Gasteiger partial charge is 0.466 e. The van der Waals surface area contributed by atoms with Crippen LogP contribution in [0.1, 0.15) is 43.4 Å². The van der Waals surface area contributed by atoms with Crippen LogP contribution in [-0.2, 0) is 19.1 Å². The molecule has 1 unspecified atom stereocenters. The molecule has 3 aromatic rings. The Kier molecular flexibility index (Phi) is 8.34. The first-order valence-electron chi connectivity index (χ1n) is 11.0. The number of amidine groups is 1. The van der Waals surface area contributed by atoms with Crippen LogP contribution in [0.25, 0.3) is 10.8 Å². The van der Waals surface area contributed by atoms with Crippen molar-refractivity contribution in [2.24, 2.45) is 5.73 Å². The van der Waals surface area contributed by atoms with Crippen molar-refractivity contribution >= 4 is 40.1 Å². The maximum atomic E-state index is 12.6. The predicted octanol–water partition coefficient (Wildman–Crippen LogP) is 3.65. The summed E-state index contributed by atoms with van der Waals surface area (Å²) in [4.78, 5) is 37.1. The van der Waals surface area contributed by atoms with Crippen molar-refractivity contribution in [3.63, 3.8) is 0 Å². The summed E-state index contributed by atoms with van der Waals surface area (Å²) < 4.78 is 5.02. The molecule has 34 heavy (non-hydrogen) atoms. The number of hydrogen-bond donors (Lipinski definition) is 4. The number of anilines is 1. The minimum Gasteiger partial charge on any atom is -0.466 e. The second kappa shape index (κ2) is 11.6. The number of ether oxygens (including phenoxy) is 1. The molecular formula is C26H28N4O4. The summed E-state index contributed by atoms with van der Waals surface area (Å²) in [6.07, 6.45) is -0.0682. The van der Waals surface area contributed by atoms with E-state index in [1.165, 1.54) is 0 Å². The molecule has 0 fully saturated rings. The molecule has 0 spiro atoms. The number of hydrogen-bond acceptors (Lipinski definition) is 5. The van der Waals surface area contributed by atoms with E-state index in [-0.39, 0.29) is 43.5 Å². The number of rotatable bonds is 10. The minimum atomic E-state index is -0.543. The van der Waals surface area contributed by atoms with Gasteiger partial charge in [-0.15, -0.1) is 0 Å². The van der Waals surface area contributed by atoms with Crippen molar-refractivity contribution in [1.82, 2.24) is 5.32 Å². The van der Waals surface area contributed by atoms with Crippen LogP contribution in [0.5, 0.6) is 0 Å². The van der Waals surface area contributed by atoms with Crippen LogP contribution >= 0.6 is 0 Å². The van der Waals surface area contributed by atoms with Gasteiger partial charge in [0, 0.05) is 29.5 Å². The maximum absolute atomic E-state index is 12.6. The highest BCUT2D eigenvalue weighted by molar-refractivity contribution is 6.12. The van der Waals surface area contributed by atoms with Crippen molar-refractivity contribution in [1.29, 1.82) is 5.41 Å². The summed E-state index contributed by atoms with van der Waals surface area (Å²) in [6.45, 7) is 1.99. The Bertz CT molecular complexity index is 1190. The van der Waals surface area contributed by atoms with E-state index in [0.29, 0.717) is 11.3 Å². The lowest BCUT2D eigenvalue weighted by Gasteiger charge is -2.18. The zero-order chi connectivity index (χ0) is 24.5. The van der Waals surface area contributed by atoms with E-state index in [2.05, 4.69) is 10.6 Å². The van der Waals surface area contributed by atoms with Crippen molar-refractivity contribution in [3.8, 4) is 0 Å². The monoisotopic (exact) mass is 460 g/mol. The topological polar surface area (TPSA) is 134 Å². The van der Waals surface area contributed by atoms with Gasteiger partial charge in [-0.1, -0.05) is 54.6 Å². The van der Waals surface area contributed by atoms with Gasteiger partial charge in [0.15, 0.2) is 0 Å². The van der Waals surface area contributed by atoms with Crippen molar-refractivity contribution in [2.45, 2.75) is 32.2 Å². The number of fused-ring (bicyclic) bond motifs is 1. The van der Waals surface area contributed by atoms with E-state index in [9.17, 15) is 14.4 Å². The number of amides is 2. The van der Waals surface area contributed by atoms with Crippen LogP contribution in [0.3, 0.4) is 0 Å². The van der Waals surface area contributed by atoms with Gasteiger partial charge in [0.1, 0.15) is 5.84 Å². The molecule has 8 heteroatoms. The van der Waals surface area contributed by atoms with Gasteiger partial charge >= 0.3 is 5.97 Å². The van der Waals surface area contributed by atoms with E-state index in [4.69, 9.17) is 15.9 Å². The van der Waals surface area contributed by atoms with E-state index >= 15 is 0 Å². The van der Waals surface area contributed by atoms with Crippen LogP contribution in [0.4, 0.5) is 5.69 Å². The molecule has 2 amide bonds. The van der Waals surface area contributed by atoms with Crippen LogP contribution < -0.4 is 16.4 Å². The molecule has 0 saturated carbocycles. The summed E-state index contributed by atoms with van der Waals surface area (Å²) in [6, 6.07) is 19.3. The Labute approximate surface area is 198 Å². The number of nitrogen functional groups attached to an aromatic ring is 1. The third kappa shape index (κ3) is 6.41. The normalized spacial score (nSPS) is 11.4. The van der Waals surface area contributed by atoms with Crippen LogP contribution in [0.15, 0.2) is 66.7 Å². The molecular weight excluding hydrogens is 432 g/mol. The summed E-state index contributed by atoms with van der Waals surface area (Å²) in [5.74, 6) is -1.13. The van der Waals surface area contributed by atoms with Gasteiger partial charge in [0.05, 0.1) is 19.1 Å². The second-order valence-electron chi connectivity index (χ2n) is 7.71. The molecule has 0 bridgehead atoms. The molecule has 176 valence electrons. The van der Waals surface area contributed by atoms with Gasteiger partial charge in [-0.25, -0.2) is 0 Å². The summed E-state index contributed by atoms with van der Waals surface area (Å²) in [5.41, 5.74) is 7.61. The lowest BCUT2D eigenvalue weighted by atomic mass is 10.0. The van der Waals surface area contributed by atoms with E-state index < -0.39 is 12.0 Å². The average Bonchev–Trinajstić information content (AvgIpc) is 2.83. The Balaban J connectivity index is 1.63. The fraction of sp³-hybridized carbons (Fsp3) is 0.231. The Morgan fingerprint density at radius 1 is 0.912 bits per heavy atom. The van der Waals surface area contributed by atoms with Crippen molar-refractivity contribution < 1.29 is 19.1 Å². The smallest absolute Gasteiger partial charge is 0.308 e. The number of nitrogens with one attached hydrogen (secondary N) is 3. The summed E-state index contributed by atoms with van der Waals surface area (Å²) in [5, 5.41) is 14.9. The fourth-order valence-electron chi connectivity index (χ4n) is 3.67. The quantitative estimate of drug-likeness (QED) is 0.208. The molecule has 0 aliphatic heterocycles. The highest BCUT2D eigenvalue weighted by Gasteiger charge is 2.20. The van der Waals surface area contributed by atoms with Crippen molar-refractivity contribution in [3.05, 3.63) is 77.9 Å². The van der Waals surface area contributed by atoms with Gasteiger partial charge in [0.25, 0.3) is 0 Å². The fourth-order valence-corrected chi connectivity index (χ4v) is 3.67. The Morgan fingerprint density at radius 2 is 1.56 bits per heavy atom. The Morgan fingerprint density at radius 3 is 2.24 bits per heavy atom. The molecule has 0 aliphatic rings. The second-order valence-corrected chi connectivity index (χ2v) is 7.71. The first-order chi connectivity index (χ1) is 16.4. The molecule has 0 aromatic heterocycles. The lowest BCUT2D eigenvalue weighted by Crippen LogP contribution is -2.31. The van der Waals surface area contributed by atoms with Crippen LogP contribution in [0, 0.1) is 5.41 Å². The van der Waals surface area contributed by atoms with Crippen molar-refractivity contribution in [2.75, 3.05) is 11.9 Å². The van der Waals surface area contributed by atoms with Gasteiger partial charge in [-0.3, -0.25) is 19.8 Å². The number of carbonyl (C=O) groups excluding carboxylic acids is 3. The molecule has 0 saturated heterocycles. The molecule has 1 atom stereocenters. The highest BCUT2D eigenvalue weighted by atomic mass is 16.5. The minimum absolute atomic E-state index is 0.00424. The van der Waals surface area contributed by atoms with Gasteiger partial charge in [0.2, 0.25) is 11.8 Å². The van der Waals surface area contributed by atoms with Crippen LogP contribution in [-0.4, -0.2) is 30.2 Å². The third-order valence-corrected chi connectivity index (χ3v) is 5.28. The predicted molar refractivity (Wildman–Crippen MR) is 131 cm³/mol. The molecule has 5 N–H and O–H groups in total. The lowest BCUT2D eigenvalue weighted by molar-refractivity contribution is -0.144. The first-order valence-corrected chi connectivity index (χ1v) is 11.0. The average molecular weight is 461 g/mol.